The van der Waals surface area contributed by atoms with E-state index in [-0.39, 0.29) is 5.54 Å². The smallest absolute Gasteiger partial charge is 0.0951 e. The van der Waals surface area contributed by atoms with Crippen molar-refractivity contribution >= 4 is 0 Å². The lowest BCUT2D eigenvalue weighted by Crippen LogP contribution is -2.42. The molecule has 0 saturated carbocycles. The highest BCUT2D eigenvalue weighted by Crippen LogP contribution is 2.22. The van der Waals surface area contributed by atoms with E-state index in [2.05, 4.69) is 54.6 Å². The number of benzene rings is 1. The number of nitrogens with two attached hydrogens (primary N) is 1. The Kier molecular flexibility index (Phi) is 4.05. The molecule has 0 aliphatic carbocycles. The van der Waals surface area contributed by atoms with Crippen LogP contribution in [0.2, 0.25) is 0 Å². The minimum atomic E-state index is -0.153. The quantitative estimate of drug-likeness (QED) is 0.892. The summed E-state index contributed by atoms with van der Waals surface area (Å²) >= 11 is 0. The third kappa shape index (κ3) is 3.04. The van der Waals surface area contributed by atoms with Crippen molar-refractivity contribution in [1.82, 2.24) is 9.55 Å². The minimum Gasteiger partial charge on any atom is -0.329 e. The van der Waals surface area contributed by atoms with Gasteiger partial charge in [-0.3, -0.25) is 0 Å². The van der Waals surface area contributed by atoms with Crippen LogP contribution in [0.3, 0.4) is 0 Å². The summed E-state index contributed by atoms with van der Waals surface area (Å²) in [6.45, 7) is 7.20. The Balaban J connectivity index is 2.30. The van der Waals surface area contributed by atoms with Crippen LogP contribution in [0.25, 0.3) is 11.3 Å². The number of aromatic nitrogens is 2. The molecule has 0 unspecified atom stereocenters. The number of hydrogen-bond acceptors (Lipinski definition) is 2. The van der Waals surface area contributed by atoms with Gasteiger partial charge in [-0.1, -0.05) is 43.7 Å². The third-order valence-corrected chi connectivity index (χ3v) is 3.95. The van der Waals surface area contributed by atoms with E-state index in [9.17, 15) is 0 Å². The van der Waals surface area contributed by atoms with Crippen LogP contribution in [0.1, 0.15) is 32.3 Å². The van der Waals surface area contributed by atoms with E-state index >= 15 is 0 Å². The monoisotopic (exact) mass is 257 g/mol. The Hall–Kier alpha value is -1.61. The minimum absolute atomic E-state index is 0.153. The SMILES string of the molecule is CCC(N)(CC)Cn1cncc1-c1ccc(C)cc1. The van der Waals surface area contributed by atoms with Crippen LogP contribution in [0.5, 0.6) is 0 Å². The van der Waals surface area contributed by atoms with E-state index in [1.807, 2.05) is 12.5 Å². The Labute approximate surface area is 115 Å². The summed E-state index contributed by atoms with van der Waals surface area (Å²) in [6.07, 6.45) is 5.72. The lowest BCUT2D eigenvalue weighted by Gasteiger charge is -2.28. The van der Waals surface area contributed by atoms with E-state index < -0.39 is 0 Å². The van der Waals surface area contributed by atoms with Gasteiger partial charge in [0.05, 0.1) is 18.2 Å². The van der Waals surface area contributed by atoms with Crippen LogP contribution >= 0.6 is 0 Å². The summed E-state index contributed by atoms with van der Waals surface area (Å²) in [4.78, 5) is 4.28. The first-order valence-electron chi connectivity index (χ1n) is 6.94. The normalized spacial score (nSPS) is 11.8. The summed E-state index contributed by atoms with van der Waals surface area (Å²) in [5.41, 5.74) is 9.85. The number of nitrogens with zero attached hydrogens (tertiary/aromatic N) is 2. The van der Waals surface area contributed by atoms with Gasteiger partial charge in [-0.2, -0.15) is 0 Å². The van der Waals surface area contributed by atoms with Crippen molar-refractivity contribution in [2.24, 2.45) is 5.73 Å². The summed E-state index contributed by atoms with van der Waals surface area (Å²) in [7, 11) is 0. The Bertz CT molecular complexity index is 521. The topological polar surface area (TPSA) is 43.8 Å². The first-order chi connectivity index (χ1) is 9.08. The summed E-state index contributed by atoms with van der Waals surface area (Å²) < 4.78 is 2.16. The fourth-order valence-corrected chi connectivity index (χ4v) is 2.22. The maximum absolute atomic E-state index is 6.41. The molecule has 2 rings (SSSR count). The number of aryl methyl sites for hydroxylation is 1. The highest BCUT2D eigenvalue weighted by Gasteiger charge is 2.22. The lowest BCUT2D eigenvalue weighted by molar-refractivity contribution is 0.340. The summed E-state index contributed by atoms with van der Waals surface area (Å²) in [5.74, 6) is 0. The van der Waals surface area contributed by atoms with Gasteiger partial charge in [0.25, 0.3) is 0 Å². The standard InChI is InChI=1S/C16H23N3/c1-4-16(17,5-2)11-19-12-18-10-15(19)14-8-6-13(3)7-9-14/h6-10,12H,4-5,11,17H2,1-3H3. The molecular weight excluding hydrogens is 234 g/mol. The van der Waals surface area contributed by atoms with Gasteiger partial charge in [-0.25, -0.2) is 4.98 Å². The molecule has 3 nitrogen and oxygen atoms in total. The van der Waals surface area contributed by atoms with E-state index in [4.69, 9.17) is 5.73 Å². The molecule has 0 aliphatic rings. The first kappa shape index (κ1) is 13.8. The molecule has 102 valence electrons. The maximum Gasteiger partial charge on any atom is 0.0951 e. The average molecular weight is 257 g/mol. The molecule has 0 amide bonds. The number of imidazole rings is 1. The molecule has 0 fully saturated rings. The summed E-state index contributed by atoms with van der Waals surface area (Å²) in [6, 6.07) is 8.53. The molecule has 0 spiro atoms. The molecule has 0 atom stereocenters. The van der Waals surface area contributed by atoms with Gasteiger partial charge in [0.1, 0.15) is 0 Å². The molecule has 1 heterocycles. The zero-order valence-corrected chi connectivity index (χ0v) is 12.1. The molecule has 3 heteroatoms. The van der Waals surface area contributed by atoms with Gasteiger partial charge in [-0.05, 0) is 25.3 Å². The van der Waals surface area contributed by atoms with E-state index in [1.54, 1.807) is 0 Å². The zero-order chi connectivity index (χ0) is 13.9. The number of hydrogen-bond donors (Lipinski definition) is 1. The second-order valence-corrected chi connectivity index (χ2v) is 5.34. The Morgan fingerprint density at radius 3 is 2.37 bits per heavy atom. The molecule has 0 aliphatic heterocycles. The molecule has 1 aromatic carbocycles. The second kappa shape index (κ2) is 5.57. The van der Waals surface area contributed by atoms with Crippen molar-refractivity contribution in [2.45, 2.75) is 45.7 Å². The predicted octanol–water partition coefficient (Wildman–Crippen LogP) is 3.38. The van der Waals surface area contributed by atoms with Crippen molar-refractivity contribution in [3.8, 4) is 11.3 Å². The maximum atomic E-state index is 6.41. The van der Waals surface area contributed by atoms with Crippen LogP contribution in [0.15, 0.2) is 36.8 Å². The van der Waals surface area contributed by atoms with Crippen molar-refractivity contribution in [3.05, 3.63) is 42.4 Å². The molecular formula is C16H23N3. The largest absolute Gasteiger partial charge is 0.329 e. The first-order valence-corrected chi connectivity index (χ1v) is 6.94. The molecule has 2 N–H and O–H groups in total. The van der Waals surface area contributed by atoms with Crippen molar-refractivity contribution in [3.63, 3.8) is 0 Å². The van der Waals surface area contributed by atoms with Crippen molar-refractivity contribution in [1.29, 1.82) is 0 Å². The molecule has 2 aromatic rings. The van der Waals surface area contributed by atoms with E-state index in [0.717, 1.165) is 25.1 Å². The molecule has 0 bridgehead atoms. The Morgan fingerprint density at radius 1 is 1.16 bits per heavy atom. The zero-order valence-electron chi connectivity index (χ0n) is 12.1. The fraction of sp³-hybridized carbons (Fsp3) is 0.438. The van der Waals surface area contributed by atoms with E-state index in [1.165, 1.54) is 11.1 Å². The van der Waals surface area contributed by atoms with Crippen LogP contribution in [-0.2, 0) is 6.54 Å². The van der Waals surface area contributed by atoms with Gasteiger partial charge in [0.2, 0.25) is 0 Å². The Morgan fingerprint density at radius 2 is 1.79 bits per heavy atom. The van der Waals surface area contributed by atoms with E-state index in [0.29, 0.717) is 0 Å². The predicted molar refractivity (Wildman–Crippen MR) is 79.9 cm³/mol. The van der Waals surface area contributed by atoms with Crippen LogP contribution in [0, 0.1) is 6.92 Å². The van der Waals surface area contributed by atoms with Gasteiger partial charge in [-0.15, -0.1) is 0 Å². The highest BCUT2D eigenvalue weighted by molar-refractivity contribution is 5.59. The van der Waals surface area contributed by atoms with Crippen LogP contribution in [0.4, 0.5) is 0 Å². The van der Waals surface area contributed by atoms with Gasteiger partial charge >= 0.3 is 0 Å². The lowest BCUT2D eigenvalue weighted by atomic mass is 9.94. The van der Waals surface area contributed by atoms with Crippen LogP contribution in [-0.4, -0.2) is 15.1 Å². The fourth-order valence-electron chi connectivity index (χ4n) is 2.22. The summed E-state index contributed by atoms with van der Waals surface area (Å²) in [5, 5.41) is 0. The second-order valence-electron chi connectivity index (χ2n) is 5.34. The van der Waals surface area contributed by atoms with Crippen LogP contribution < -0.4 is 5.73 Å². The van der Waals surface area contributed by atoms with Gasteiger partial charge in [0.15, 0.2) is 0 Å². The van der Waals surface area contributed by atoms with Crippen molar-refractivity contribution < 1.29 is 0 Å². The molecule has 1 aromatic heterocycles. The average Bonchev–Trinajstić information content (AvgIpc) is 2.87. The van der Waals surface area contributed by atoms with Gasteiger partial charge in [0, 0.05) is 12.1 Å². The highest BCUT2D eigenvalue weighted by atomic mass is 15.1. The molecule has 0 radical (unpaired) electrons. The third-order valence-electron chi connectivity index (χ3n) is 3.95. The number of rotatable bonds is 5. The van der Waals surface area contributed by atoms with Gasteiger partial charge < -0.3 is 10.3 Å². The van der Waals surface area contributed by atoms with Crippen molar-refractivity contribution in [2.75, 3.05) is 0 Å². The molecule has 0 saturated heterocycles. The molecule has 19 heavy (non-hydrogen) atoms.